The number of hydrogen-bond donors (Lipinski definition) is 3. The third kappa shape index (κ3) is 5.37. The number of pyridine rings is 1. The summed E-state index contributed by atoms with van der Waals surface area (Å²) in [5.74, 6) is -1.22. The van der Waals surface area contributed by atoms with Crippen molar-refractivity contribution in [3.63, 3.8) is 0 Å². The number of anilines is 4. The highest BCUT2D eigenvalue weighted by Gasteiger charge is 2.24. The molecule has 1 aliphatic rings. The van der Waals surface area contributed by atoms with E-state index in [1.165, 1.54) is 19.2 Å². The maximum atomic E-state index is 14.5. The second kappa shape index (κ2) is 9.96. The van der Waals surface area contributed by atoms with Gasteiger partial charge in [0.25, 0.3) is 5.91 Å². The van der Waals surface area contributed by atoms with Crippen LogP contribution in [0.5, 0.6) is 5.75 Å². The minimum Gasteiger partial charge on any atom is -0.495 e. The fraction of sp³-hybridized carbons (Fsp3) is 0.304. The number of methoxy groups -OCH3 is 1. The molecule has 0 spiro atoms. The first-order valence-electron chi connectivity index (χ1n) is 10.7. The van der Waals surface area contributed by atoms with Crippen molar-refractivity contribution in [2.45, 2.75) is 25.9 Å². The van der Waals surface area contributed by atoms with Gasteiger partial charge in [0.1, 0.15) is 11.4 Å². The van der Waals surface area contributed by atoms with E-state index in [2.05, 4.69) is 44.7 Å². The second-order valence-electron chi connectivity index (χ2n) is 8.08. The number of carbonyl (C=O) groups excluding carboxylic acids is 1. The normalized spacial score (nSPS) is 17.9. The molecule has 9 nitrogen and oxygen atoms in total. The number of nitrogens with zero attached hydrogens (tertiary/aromatic N) is 4. The molecule has 11 heteroatoms. The first-order chi connectivity index (χ1) is 16.3. The van der Waals surface area contributed by atoms with Crippen LogP contribution in [-0.4, -0.2) is 53.1 Å². The largest absolute Gasteiger partial charge is 0.495 e. The van der Waals surface area contributed by atoms with Crippen LogP contribution >= 0.6 is 0 Å². The molecule has 0 unspecified atom stereocenters. The summed E-state index contributed by atoms with van der Waals surface area (Å²) >= 11 is 0. The van der Waals surface area contributed by atoms with Crippen molar-refractivity contribution in [3.8, 4) is 5.75 Å². The zero-order valence-corrected chi connectivity index (χ0v) is 19.0. The topological polar surface area (TPSA) is 104 Å². The van der Waals surface area contributed by atoms with Gasteiger partial charge >= 0.3 is 0 Å². The van der Waals surface area contributed by atoms with Crippen LogP contribution in [0.1, 0.15) is 24.3 Å². The van der Waals surface area contributed by atoms with Crippen molar-refractivity contribution < 1.29 is 18.3 Å². The monoisotopic (exact) mass is 469 g/mol. The fourth-order valence-electron chi connectivity index (χ4n) is 3.83. The van der Waals surface area contributed by atoms with E-state index < -0.39 is 17.7 Å². The molecular weight excluding hydrogens is 444 g/mol. The van der Waals surface area contributed by atoms with E-state index in [1.54, 1.807) is 18.2 Å². The Morgan fingerprint density at radius 3 is 2.62 bits per heavy atom. The van der Waals surface area contributed by atoms with Gasteiger partial charge in [-0.25, -0.2) is 14.4 Å². The lowest BCUT2D eigenvalue weighted by Gasteiger charge is -2.36. The van der Waals surface area contributed by atoms with Gasteiger partial charge < -0.3 is 25.6 Å². The summed E-state index contributed by atoms with van der Waals surface area (Å²) in [4.78, 5) is 26.6. The van der Waals surface area contributed by atoms with Gasteiger partial charge in [-0.05, 0) is 44.2 Å². The molecule has 1 fully saturated rings. The summed E-state index contributed by atoms with van der Waals surface area (Å²) in [5, 5.41) is 9.01. The lowest BCUT2D eigenvalue weighted by molar-refractivity contribution is 0.102. The van der Waals surface area contributed by atoms with E-state index in [0.717, 1.165) is 12.3 Å². The lowest BCUT2D eigenvalue weighted by atomic mass is 10.1. The minimum absolute atomic E-state index is 0.00178. The quantitative estimate of drug-likeness (QED) is 0.473. The number of amides is 1. The van der Waals surface area contributed by atoms with Crippen LogP contribution in [0.25, 0.3) is 0 Å². The van der Waals surface area contributed by atoms with Crippen LogP contribution in [-0.2, 0) is 0 Å². The summed E-state index contributed by atoms with van der Waals surface area (Å²) in [7, 11) is 1.45. The molecule has 3 heterocycles. The van der Waals surface area contributed by atoms with Gasteiger partial charge in [-0.2, -0.15) is 9.37 Å². The Bertz CT molecular complexity index is 1180. The molecule has 1 aromatic carbocycles. The Hall–Kier alpha value is -3.86. The molecule has 1 saturated heterocycles. The highest BCUT2D eigenvalue weighted by molar-refractivity contribution is 6.04. The van der Waals surface area contributed by atoms with Crippen LogP contribution in [0.15, 0.2) is 42.6 Å². The number of carbonyl (C=O) groups is 1. The number of aromatic nitrogens is 3. The molecule has 4 rings (SSSR count). The van der Waals surface area contributed by atoms with Gasteiger partial charge in [-0.15, -0.1) is 0 Å². The number of benzene rings is 1. The number of piperazine rings is 1. The van der Waals surface area contributed by atoms with Crippen molar-refractivity contribution in [1.29, 1.82) is 0 Å². The molecule has 2 atom stereocenters. The molecule has 178 valence electrons. The maximum absolute atomic E-state index is 14.5. The predicted octanol–water partition coefficient (Wildman–Crippen LogP) is 3.34. The SMILES string of the molecule is COc1ccc(Nc2nc(N3C[C@@H](C)N[C@@H](C)C3)ncc2F)cc1NC(=O)c1cccc(F)n1. The number of nitrogens with one attached hydrogen (secondary N) is 3. The molecule has 0 radical (unpaired) electrons. The molecule has 2 aromatic heterocycles. The van der Waals surface area contributed by atoms with Gasteiger partial charge in [0.15, 0.2) is 11.6 Å². The van der Waals surface area contributed by atoms with Crippen LogP contribution in [0.2, 0.25) is 0 Å². The molecule has 0 saturated carbocycles. The van der Waals surface area contributed by atoms with Gasteiger partial charge in [0.05, 0.1) is 19.0 Å². The number of hydrogen-bond acceptors (Lipinski definition) is 8. The van der Waals surface area contributed by atoms with Crippen molar-refractivity contribution in [3.05, 3.63) is 60.1 Å². The molecule has 0 bridgehead atoms. The Morgan fingerprint density at radius 2 is 1.91 bits per heavy atom. The van der Waals surface area contributed by atoms with Crippen LogP contribution in [0, 0.1) is 11.8 Å². The Labute approximate surface area is 195 Å². The van der Waals surface area contributed by atoms with E-state index in [9.17, 15) is 13.6 Å². The summed E-state index contributed by atoms with van der Waals surface area (Å²) in [6.45, 7) is 5.53. The van der Waals surface area contributed by atoms with Crippen LogP contribution in [0.3, 0.4) is 0 Å². The van der Waals surface area contributed by atoms with E-state index in [4.69, 9.17) is 4.74 Å². The van der Waals surface area contributed by atoms with Crippen LogP contribution in [0.4, 0.5) is 31.9 Å². The first-order valence-corrected chi connectivity index (χ1v) is 10.7. The summed E-state index contributed by atoms with van der Waals surface area (Å²) in [6, 6.07) is 9.25. The van der Waals surface area contributed by atoms with Crippen molar-refractivity contribution in [2.75, 3.05) is 35.7 Å². The second-order valence-corrected chi connectivity index (χ2v) is 8.08. The predicted molar refractivity (Wildman–Crippen MR) is 125 cm³/mol. The van der Waals surface area contributed by atoms with Gasteiger partial charge in [0, 0.05) is 30.9 Å². The molecule has 0 aliphatic carbocycles. The zero-order chi connectivity index (χ0) is 24.2. The molecular formula is C23H25F2N7O2. The number of ether oxygens (including phenoxy) is 1. The van der Waals surface area contributed by atoms with Gasteiger partial charge in [-0.1, -0.05) is 6.07 Å². The summed E-state index contributed by atoms with van der Waals surface area (Å²) in [6.07, 6.45) is 1.13. The third-order valence-corrected chi connectivity index (χ3v) is 5.23. The van der Waals surface area contributed by atoms with Gasteiger partial charge in [0.2, 0.25) is 11.9 Å². The van der Waals surface area contributed by atoms with Crippen molar-refractivity contribution in [2.24, 2.45) is 0 Å². The average Bonchev–Trinajstić information content (AvgIpc) is 2.80. The lowest BCUT2D eigenvalue weighted by Crippen LogP contribution is -2.54. The van der Waals surface area contributed by atoms with Crippen LogP contribution < -0.4 is 25.6 Å². The smallest absolute Gasteiger partial charge is 0.274 e. The Kier molecular flexibility index (Phi) is 6.82. The number of halogens is 2. The van der Waals surface area contributed by atoms with Crippen molar-refractivity contribution in [1.82, 2.24) is 20.3 Å². The molecule has 1 amide bonds. The third-order valence-electron chi connectivity index (χ3n) is 5.23. The highest BCUT2D eigenvalue weighted by atomic mass is 19.1. The first kappa shape index (κ1) is 23.3. The molecule has 1 aliphatic heterocycles. The van der Waals surface area contributed by atoms with E-state index in [1.807, 2.05) is 4.90 Å². The Morgan fingerprint density at radius 1 is 1.15 bits per heavy atom. The Balaban J connectivity index is 1.56. The van der Waals surface area contributed by atoms with E-state index in [-0.39, 0.29) is 23.6 Å². The summed E-state index contributed by atoms with van der Waals surface area (Å²) < 4.78 is 33.2. The van der Waals surface area contributed by atoms with E-state index in [0.29, 0.717) is 36.2 Å². The number of rotatable bonds is 6. The zero-order valence-electron chi connectivity index (χ0n) is 19.0. The fourth-order valence-corrected chi connectivity index (χ4v) is 3.83. The maximum Gasteiger partial charge on any atom is 0.274 e. The van der Waals surface area contributed by atoms with E-state index >= 15 is 0 Å². The standard InChI is InChI=1S/C23H25F2N7O2/c1-13-11-32(12-14(2)27-13)23-26-10-16(24)21(31-23)28-15-7-8-19(34-3)18(9-15)30-22(33)17-5-4-6-20(25)29-17/h4-10,13-14,27H,11-12H2,1-3H3,(H,30,33)(H,26,28,31)/t13-,14+. The van der Waals surface area contributed by atoms with Crippen molar-refractivity contribution >= 4 is 29.0 Å². The highest BCUT2D eigenvalue weighted by Crippen LogP contribution is 2.30. The average molecular weight is 469 g/mol. The minimum atomic E-state index is -0.765. The molecule has 3 N–H and O–H groups in total. The molecule has 3 aromatic rings. The van der Waals surface area contributed by atoms with Gasteiger partial charge in [-0.3, -0.25) is 4.79 Å². The summed E-state index contributed by atoms with van der Waals surface area (Å²) in [5.41, 5.74) is 0.656. The molecule has 34 heavy (non-hydrogen) atoms.